The number of nitrogens with zero attached hydrogens (tertiary/aromatic N) is 2. The van der Waals surface area contributed by atoms with Gasteiger partial charge in [-0.05, 0) is 48.7 Å². The first-order chi connectivity index (χ1) is 14.7. The molecular weight excluding hydrogens is 381 g/mol. The van der Waals surface area contributed by atoms with Crippen LogP contribution in [0.3, 0.4) is 0 Å². The van der Waals surface area contributed by atoms with Gasteiger partial charge in [-0.15, -0.1) is 0 Å². The van der Waals surface area contributed by atoms with Crippen molar-refractivity contribution >= 4 is 28.6 Å². The molecule has 0 aliphatic heterocycles. The molecule has 1 saturated carbocycles. The highest BCUT2D eigenvalue weighted by Crippen LogP contribution is 2.31. The van der Waals surface area contributed by atoms with Gasteiger partial charge in [0.05, 0.1) is 5.69 Å². The molecular formula is C23H20FN5O. The normalized spacial score (nSPS) is 13.4. The number of amides is 1. The Hall–Kier alpha value is -3.74. The molecule has 0 unspecified atom stereocenters. The monoisotopic (exact) mass is 401 g/mol. The molecule has 1 aliphatic rings. The summed E-state index contributed by atoms with van der Waals surface area (Å²) in [7, 11) is 0. The summed E-state index contributed by atoms with van der Waals surface area (Å²) < 4.78 is 13.0. The molecule has 4 aromatic rings. The van der Waals surface area contributed by atoms with E-state index in [9.17, 15) is 9.18 Å². The maximum absolute atomic E-state index is 13.0. The van der Waals surface area contributed by atoms with Crippen LogP contribution in [0, 0.1) is 11.7 Å². The van der Waals surface area contributed by atoms with Crippen LogP contribution in [0.1, 0.15) is 18.4 Å². The van der Waals surface area contributed by atoms with Crippen molar-refractivity contribution in [3.63, 3.8) is 0 Å². The number of nitrogens with one attached hydrogen (secondary N) is 3. The first-order valence-corrected chi connectivity index (χ1v) is 9.90. The van der Waals surface area contributed by atoms with Gasteiger partial charge < -0.3 is 10.3 Å². The average molecular weight is 401 g/mol. The molecule has 30 heavy (non-hydrogen) atoms. The molecule has 2 aromatic carbocycles. The quantitative estimate of drug-likeness (QED) is 0.436. The van der Waals surface area contributed by atoms with Crippen molar-refractivity contribution in [3.8, 4) is 11.3 Å². The number of anilines is 2. The molecule has 0 radical (unpaired) electrons. The van der Waals surface area contributed by atoms with E-state index in [-0.39, 0.29) is 17.6 Å². The molecule has 7 heteroatoms. The highest BCUT2D eigenvalue weighted by molar-refractivity contribution is 5.96. The summed E-state index contributed by atoms with van der Waals surface area (Å²) in [6, 6.07) is 16.3. The highest BCUT2D eigenvalue weighted by atomic mass is 19.1. The molecule has 6 nitrogen and oxygen atoms in total. The number of aromatic nitrogens is 3. The number of benzene rings is 2. The Morgan fingerprint density at radius 3 is 2.53 bits per heavy atom. The van der Waals surface area contributed by atoms with E-state index in [0.717, 1.165) is 40.7 Å². The fraction of sp³-hybridized carbons (Fsp3) is 0.174. The first kappa shape index (κ1) is 18.3. The van der Waals surface area contributed by atoms with E-state index in [0.29, 0.717) is 18.1 Å². The number of carbonyl (C=O) groups excluding carboxylic acids is 1. The van der Waals surface area contributed by atoms with E-state index in [1.54, 1.807) is 12.1 Å². The Balaban J connectivity index is 1.37. The van der Waals surface area contributed by atoms with Crippen LogP contribution in [-0.2, 0) is 11.3 Å². The number of fused-ring (bicyclic) bond motifs is 1. The minimum absolute atomic E-state index is 0.0211. The lowest BCUT2D eigenvalue weighted by Crippen LogP contribution is -2.15. The van der Waals surface area contributed by atoms with Gasteiger partial charge in [0.15, 0.2) is 0 Å². The molecule has 0 spiro atoms. The highest BCUT2D eigenvalue weighted by Gasteiger charge is 2.30. The minimum Gasteiger partial charge on any atom is -0.381 e. The molecule has 0 saturated heterocycles. The van der Waals surface area contributed by atoms with Crippen molar-refractivity contribution in [1.29, 1.82) is 0 Å². The van der Waals surface area contributed by atoms with Crippen LogP contribution >= 0.6 is 0 Å². The van der Waals surface area contributed by atoms with Gasteiger partial charge in [0.2, 0.25) is 11.9 Å². The summed E-state index contributed by atoms with van der Waals surface area (Å²) in [5, 5.41) is 7.05. The number of hydrogen-bond acceptors (Lipinski definition) is 4. The third-order valence-corrected chi connectivity index (χ3v) is 5.17. The molecule has 0 atom stereocenters. The Morgan fingerprint density at radius 1 is 1.03 bits per heavy atom. The minimum atomic E-state index is -0.239. The lowest BCUT2D eigenvalue weighted by atomic mass is 10.1. The van der Waals surface area contributed by atoms with Gasteiger partial charge in [-0.25, -0.2) is 9.37 Å². The Kier molecular flexibility index (Phi) is 4.63. The van der Waals surface area contributed by atoms with Crippen molar-refractivity contribution in [3.05, 3.63) is 72.2 Å². The second-order valence-electron chi connectivity index (χ2n) is 7.46. The largest absolute Gasteiger partial charge is 0.381 e. The van der Waals surface area contributed by atoms with Crippen molar-refractivity contribution in [1.82, 2.24) is 15.0 Å². The summed E-state index contributed by atoms with van der Waals surface area (Å²) in [6.45, 7) is 0.604. The van der Waals surface area contributed by atoms with Gasteiger partial charge in [0, 0.05) is 35.3 Å². The van der Waals surface area contributed by atoms with Crippen LogP contribution in [0.5, 0.6) is 0 Å². The molecule has 2 aromatic heterocycles. The van der Waals surface area contributed by atoms with E-state index in [1.807, 2.05) is 36.5 Å². The van der Waals surface area contributed by atoms with Crippen LogP contribution in [0.2, 0.25) is 0 Å². The third-order valence-electron chi connectivity index (χ3n) is 5.17. The number of hydrogen-bond donors (Lipinski definition) is 3. The third kappa shape index (κ3) is 3.87. The van der Waals surface area contributed by atoms with Crippen LogP contribution in [0.4, 0.5) is 16.0 Å². The molecule has 3 N–H and O–H groups in total. The summed E-state index contributed by atoms with van der Waals surface area (Å²) >= 11 is 0. The number of halogens is 1. The molecule has 5 rings (SSSR count). The number of H-pyrrole nitrogens is 1. The summed E-state index contributed by atoms with van der Waals surface area (Å²) in [5.41, 5.74) is 4.32. The summed E-state index contributed by atoms with van der Waals surface area (Å²) in [4.78, 5) is 24.2. The topological polar surface area (TPSA) is 82.7 Å². The van der Waals surface area contributed by atoms with Crippen molar-refractivity contribution in [2.24, 2.45) is 5.92 Å². The molecule has 1 amide bonds. The zero-order valence-electron chi connectivity index (χ0n) is 16.2. The number of carbonyl (C=O) groups is 1. The summed E-state index contributed by atoms with van der Waals surface area (Å²) in [6.07, 6.45) is 3.67. The van der Waals surface area contributed by atoms with Gasteiger partial charge >= 0.3 is 0 Å². The van der Waals surface area contributed by atoms with Gasteiger partial charge in [-0.3, -0.25) is 10.1 Å². The zero-order valence-corrected chi connectivity index (χ0v) is 16.2. The van der Waals surface area contributed by atoms with Gasteiger partial charge in [0.25, 0.3) is 0 Å². The van der Waals surface area contributed by atoms with Gasteiger partial charge in [0.1, 0.15) is 11.5 Å². The van der Waals surface area contributed by atoms with E-state index in [4.69, 9.17) is 0 Å². The van der Waals surface area contributed by atoms with E-state index in [2.05, 4.69) is 25.6 Å². The van der Waals surface area contributed by atoms with E-state index >= 15 is 0 Å². The molecule has 0 bridgehead atoms. The molecule has 1 aliphatic carbocycles. The second kappa shape index (κ2) is 7.59. The predicted octanol–water partition coefficient (Wildman–Crippen LogP) is 4.72. The Bertz CT molecular complexity index is 1200. The van der Waals surface area contributed by atoms with E-state index < -0.39 is 0 Å². The van der Waals surface area contributed by atoms with Crippen LogP contribution in [0.15, 0.2) is 60.8 Å². The maximum Gasteiger partial charge on any atom is 0.232 e. The number of aromatic amines is 1. The first-order valence-electron chi connectivity index (χ1n) is 9.90. The van der Waals surface area contributed by atoms with Gasteiger partial charge in [-0.1, -0.05) is 24.3 Å². The number of rotatable bonds is 6. The average Bonchev–Trinajstić information content (AvgIpc) is 3.51. The van der Waals surface area contributed by atoms with Crippen LogP contribution in [-0.4, -0.2) is 20.9 Å². The van der Waals surface area contributed by atoms with Gasteiger partial charge in [-0.2, -0.15) is 4.98 Å². The zero-order chi connectivity index (χ0) is 20.5. The fourth-order valence-electron chi connectivity index (χ4n) is 3.33. The molecule has 150 valence electrons. The van der Waals surface area contributed by atoms with Crippen molar-refractivity contribution < 1.29 is 9.18 Å². The SMILES string of the molecule is O=C(Nc1nc(-c2ccc(NCc3ccc(F)cc3)cc2)c2cc[nH]c2n1)C1CC1. The standard InChI is InChI=1S/C23H20FN5O/c24-17-7-1-14(2-8-17)13-26-18-9-5-15(6-10-18)20-19-11-12-25-21(19)28-23(27-20)29-22(30)16-3-4-16/h1-2,5-12,16,26H,3-4,13H2,(H2,25,27,28,29,30). The Labute approximate surface area is 172 Å². The smallest absolute Gasteiger partial charge is 0.232 e. The Morgan fingerprint density at radius 2 is 1.80 bits per heavy atom. The fourth-order valence-corrected chi connectivity index (χ4v) is 3.33. The lowest BCUT2D eigenvalue weighted by molar-refractivity contribution is -0.117. The van der Waals surface area contributed by atoms with Crippen LogP contribution in [0.25, 0.3) is 22.3 Å². The predicted molar refractivity (Wildman–Crippen MR) is 114 cm³/mol. The lowest BCUT2D eigenvalue weighted by Gasteiger charge is -2.10. The maximum atomic E-state index is 13.0. The van der Waals surface area contributed by atoms with Crippen molar-refractivity contribution in [2.45, 2.75) is 19.4 Å². The summed E-state index contributed by atoms with van der Waals surface area (Å²) in [5.74, 6) is 0.141. The van der Waals surface area contributed by atoms with Crippen LogP contribution < -0.4 is 10.6 Å². The molecule has 1 fully saturated rings. The van der Waals surface area contributed by atoms with Crippen molar-refractivity contribution in [2.75, 3.05) is 10.6 Å². The second-order valence-corrected chi connectivity index (χ2v) is 7.46. The van der Waals surface area contributed by atoms with E-state index in [1.165, 1.54) is 12.1 Å². The molecule has 2 heterocycles.